The molecule has 0 bridgehead atoms. The molecule has 0 amide bonds. The summed E-state index contributed by atoms with van der Waals surface area (Å²) in [5.74, 6) is 0.789. The quantitative estimate of drug-likeness (QED) is 0.853. The lowest BCUT2D eigenvalue weighted by Gasteiger charge is -2.38. The molecule has 0 aromatic carbocycles. The van der Waals surface area contributed by atoms with Crippen molar-refractivity contribution < 1.29 is 0 Å². The molecule has 0 radical (unpaired) electrons. The number of piperidine rings is 1. The van der Waals surface area contributed by atoms with Gasteiger partial charge in [0, 0.05) is 37.9 Å². The number of aromatic nitrogens is 2. The van der Waals surface area contributed by atoms with Gasteiger partial charge in [-0.15, -0.1) is 0 Å². The molecule has 2 unspecified atom stereocenters. The Balaban J connectivity index is 1.85. The molecular weight excluding hydrogens is 236 g/mol. The van der Waals surface area contributed by atoms with E-state index in [1.165, 1.54) is 37.9 Å². The van der Waals surface area contributed by atoms with E-state index in [0.29, 0.717) is 0 Å². The number of aryl methyl sites for hydroxylation is 1. The van der Waals surface area contributed by atoms with Crippen molar-refractivity contribution in [1.82, 2.24) is 20.0 Å². The molecule has 4 nitrogen and oxygen atoms in total. The van der Waals surface area contributed by atoms with E-state index in [4.69, 9.17) is 0 Å². The molecule has 2 heterocycles. The van der Waals surface area contributed by atoms with Crippen LogP contribution in [0.15, 0.2) is 12.4 Å². The molecule has 1 aromatic heterocycles. The Morgan fingerprint density at radius 3 is 2.89 bits per heavy atom. The predicted molar refractivity (Wildman–Crippen MR) is 79.0 cm³/mol. The van der Waals surface area contributed by atoms with Gasteiger partial charge in [-0.25, -0.2) is 0 Å². The topological polar surface area (TPSA) is 33.1 Å². The van der Waals surface area contributed by atoms with Crippen molar-refractivity contribution in [3.05, 3.63) is 18.0 Å². The highest BCUT2D eigenvalue weighted by molar-refractivity contribution is 5.04. The first kappa shape index (κ1) is 14.5. The average molecular weight is 264 g/mol. The highest BCUT2D eigenvalue weighted by atomic mass is 15.2. The second kappa shape index (κ2) is 7.06. The van der Waals surface area contributed by atoms with Crippen LogP contribution in [-0.2, 0) is 13.6 Å². The monoisotopic (exact) mass is 264 g/mol. The average Bonchev–Trinajstić information content (AvgIpc) is 2.82. The number of nitrogens with one attached hydrogen (secondary N) is 1. The summed E-state index contributed by atoms with van der Waals surface area (Å²) in [6.45, 7) is 9.18. The Kier molecular flexibility index (Phi) is 5.40. The molecule has 108 valence electrons. The van der Waals surface area contributed by atoms with Crippen molar-refractivity contribution in [1.29, 1.82) is 0 Å². The SMILES string of the molecule is CCCNC1CCN(Cc2cnn(C)c2)CC1CC. The largest absolute Gasteiger partial charge is 0.314 e. The molecule has 4 heteroatoms. The van der Waals surface area contributed by atoms with Crippen molar-refractivity contribution in [3.63, 3.8) is 0 Å². The third-order valence-electron chi connectivity index (χ3n) is 4.16. The smallest absolute Gasteiger partial charge is 0.0534 e. The van der Waals surface area contributed by atoms with Gasteiger partial charge in [0.15, 0.2) is 0 Å². The Hall–Kier alpha value is -0.870. The van der Waals surface area contributed by atoms with Crippen molar-refractivity contribution in [3.8, 4) is 0 Å². The Morgan fingerprint density at radius 2 is 2.26 bits per heavy atom. The van der Waals surface area contributed by atoms with E-state index >= 15 is 0 Å². The lowest BCUT2D eigenvalue weighted by Crippen LogP contribution is -2.49. The van der Waals surface area contributed by atoms with Crippen LogP contribution in [-0.4, -0.2) is 40.4 Å². The van der Waals surface area contributed by atoms with Crippen molar-refractivity contribution in [2.75, 3.05) is 19.6 Å². The maximum Gasteiger partial charge on any atom is 0.0534 e. The van der Waals surface area contributed by atoms with Gasteiger partial charge in [0.05, 0.1) is 6.20 Å². The third kappa shape index (κ3) is 4.05. The van der Waals surface area contributed by atoms with E-state index in [9.17, 15) is 0 Å². The maximum atomic E-state index is 4.25. The summed E-state index contributed by atoms with van der Waals surface area (Å²) in [5, 5.41) is 7.97. The summed E-state index contributed by atoms with van der Waals surface area (Å²) in [5.41, 5.74) is 1.33. The van der Waals surface area contributed by atoms with Gasteiger partial charge in [0.2, 0.25) is 0 Å². The van der Waals surface area contributed by atoms with Gasteiger partial charge in [-0.05, 0) is 31.8 Å². The first-order chi connectivity index (χ1) is 9.22. The Bertz CT molecular complexity index is 374. The van der Waals surface area contributed by atoms with Gasteiger partial charge in [0.25, 0.3) is 0 Å². The highest BCUT2D eigenvalue weighted by Crippen LogP contribution is 2.21. The van der Waals surface area contributed by atoms with E-state index in [0.717, 1.165) is 25.0 Å². The molecule has 0 spiro atoms. The second-order valence-corrected chi connectivity index (χ2v) is 5.77. The van der Waals surface area contributed by atoms with E-state index in [-0.39, 0.29) is 0 Å². The van der Waals surface area contributed by atoms with E-state index in [2.05, 4.69) is 35.4 Å². The fourth-order valence-corrected chi connectivity index (χ4v) is 3.07. The van der Waals surface area contributed by atoms with Crippen molar-refractivity contribution in [2.24, 2.45) is 13.0 Å². The zero-order chi connectivity index (χ0) is 13.7. The van der Waals surface area contributed by atoms with E-state index < -0.39 is 0 Å². The van der Waals surface area contributed by atoms with Crippen molar-refractivity contribution >= 4 is 0 Å². The number of rotatable bonds is 6. The molecule has 1 aliphatic heterocycles. The Morgan fingerprint density at radius 1 is 1.42 bits per heavy atom. The fourth-order valence-electron chi connectivity index (χ4n) is 3.07. The lowest BCUT2D eigenvalue weighted by molar-refractivity contribution is 0.129. The zero-order valence-electron chi connectivity index (χ0n) is 12.6. The summed E-state index contributed by atoms with van der Waals surface area (Å²) < 4.78 is 1.89. The van der Waals surface area contributed by atoms with Crippen LogP contribution in [0.3, 0.4) is 0 Å². The highest BCUT2D eigenvalue weighted by Gasteiger charge is 2.27. The standard InChI is InChI=1S/C15H28N4/c1-4-7-16-15-6-8-19(12-14(15)5-2)11-13-9-17-18(3)10-13/h9-10,14-16H,4-8,11-12H2,1-3H3. The van der Waals surface area contributed by atoms with Gasteiger partial charge in [-0.1, -0.05) is 20.3 Å². The molecular formula is C15H28N4. The minimum absolute atomic E-state index is 0.718. The maximum absolute atomic E-state index is 4.25. The van der Waals surface area contributed by atoms with E-state index in [1.807, 2.05) is 17.9 Å². The van der Waals surface area contributed by atoms with Crippen LogP contribution in [0.5, 0.6) is 0 Å². The van der Waals surface area contributed by atoms with Crippen LogP contribution in [0.1, 0.15) is 38.7 Å². The Labute approximate surface area is 117 Å². The van der Waals surface area contributed by atoms with Crippen LogP contribution >= 0.6 is 0 Å². The van der Waals surface area contributed by atoms with E-state index in [1.54, 1.807) is 0 Å². The molecule has 1 aromatic rings. The van der Waals surface area contributed by atoms with Gasteiger partial charge >= 0.3 is 0 Å². The summed E-state index contributed by atoms with van der Waals surface area (Å²) in [4.78, 5) is 2.58. The number of nitrogens with zero attached hydrogens (tertiary/aromatic N) is 3. The molecule has 1 saturated heterocycles. The summed E-state index contributed by atoms with van der Waals surface area (Å²) in [7, 11) is 1.99. The lowest BCUT2D eigenvalue weighted by atomic mass is 9.89. The number of hydrogen-bond donors (Lipinski definition) is 1. The molecule has 0 aliphatic carbocycles. The summed E-state index contributed by atoms with van der Waals surface area (Å²) in [6, 6.07) is 0.718. The zero-order valence-corrected chi connectivity index (χ0v) is 12.6. The first-order valence-corrected chi connectivity index (χ1v) is 7.66. The number of likely N-dealkylation sites (tertiary alicyclic amines) is 1. The second-order valence-electron chi connectivity index (χ2n) is 5.77. The molecule has 1 fully saturated rings. The predicted octanol–water partition coefficient (Wildman–Crippen LogP) is 2.02. The first-order valence-electron chi connectivity index (χ1n) is 7.66. The summed E-state index contributed by atoms with van der Waals surface area (Å²) in [6.07, 6.45) is 7.89. The molecule has 1 aliphatic rings. The molecule has 0 saturated carbocycles. The fraction of sp³-hybridized carbons (Fsp3) is 0.800. The van der Waals surface area contributed by atoms with Gasteiger partial charge in [-0.2, -0.15) is 5.10 Å². The van der Waals surface area contributed by atoms with Crippen LogP contribution < -0.4 is 5.32 Å². The molecule has 2 atom stereocenters. The molecule has 1 N–H and O–H groups in total. The molecule has 2 rings (SSSR count). The number of hydrogen-bond acceptors (Lipinski definition) is 3. The van der Waals surface area contributed by atoms with Crippen LogP contribution in [0.2, 0.25) is 0 Å². The minimum Gasteiger partial charge on any atom is -0.314 e. The van der Waals surface area contributed by atoms with Crippen LogP contribution in [0, 0.1) is 5.92 Å². The van der Waals surface area contributed by atoms with Gasteiger partial charge in [0.1, 0.15) is 0 Å². The van der Waals surface area contributed by atoms with Crippen LogP contribution in [0.4, 0.5) is 0 Å². The normalized spacial score (nSPS) is 24.8. The van der Waals surface area contributed by atoms with Crippen molar-refractivity contribution in [2.45, 2.75) is 45.7 Å². The van der Waals surface area contributed by atoms with Gasteiger partial charge in [-0.3, -0.25) is 9.58 Å². The minimum atomic E-state index is 0.718. The molecule has 19 heavy (non-hydrogen) atoms. The third-order valence-corrected chi connectivity index (χ3v) is 4.16. The van der Waals surface area contributed by atoms with Crippen LogP contribution in [0.25, 0.3) is 0 Å². The van der Waals surface area contributed by atoms with Gasteiger partial charge < -0.3 is 5.32 Å². The summed E-state index contributed by atoms with van der Waals surface area (Å²) >= 11 is 0.